The molecule has 2 aliphatic heterocycles. The van der Waals surface area contributed by atoms with Gasteiger partial charge in [0.1, 0.15) is 13.2 Å². The van der Waals surface area contributed by atoms with Crippen LogP contribution in [-0.2, 0) is 6.54 Å². The summed E-state index contributed by atoms with van der Waals surface area (Å²) in [7, 11) is 0. The number of nitrogens with zero attached hydrogens (tertiary/aromatic N) is 2. The van der Waals surface area contributed by atoms with Gasteiger partial charge in [0, 0.05) is 30.6 Å². The van der Waals surface area contributed by atoms with E-state index in [2.05, 4.69) is 32.8 Å². The second-order valence-corrected chi connectivity index (χ2v) is 10.7. The van der Waals surface area contributed by atoms with Gasteiger partial charge in [0.05, 0.1) is 21.0 Å². The van der Waals surface area contributed by atoms with Gasteiger partial charge in [-0.05, 0) is 66.3 Å². The van der Waals surface area contributed by atoms with Crippen LogP contribution in [0.1, 0.15) is 18.9 Å². The van der Waals surface area contributed by atoms with Crippen molar-refractivity contribution in [2.45, 2.75) is 25.5 Å². The highest BCUT2D eigenvalue weighted by atomic mass is 35.5. The largest absolute Gasteiger partial charge is 0.486 e. The summed E-state index contributed by atoms with van der Waals surface area (Å²) in [6.45, 7) is 5.47. The van der Waals surface area contributed by atoms with Crippen LogP contribution in [0.15, 0.2) is 54.6 Å². The van der Waals surface area contributed by atoms with Crippen molar-refractivity contribution in [2.75, 3.05) is 31.6 Å². The van der Waals surface area contributed by atoms with Crippen LogP contribution < -0.4 is 14.8 Å². The molecule has 180 valence electrons. The molecule has 2 aliphatic rings. The zero-order valence-electron chi connectivity index (χ0n) is 19.4. The molecule has 3 aromatic carbocycles. The molecular formula is C27H26ClN3O3S. The lowest BCUT2D eigenvalue weighted by Crippen LogP contribution is -2.29. The van der Waals surface area contributed by atoms with E-state index in [1.807, 2.05) is 43.3 Å². The van der Waals surface area contributed by atoms with Crippen LogP contribution in [0, 0.1) is 0 Å². The number of aromatic nitrogens is 1. The summed E-state index contributed by atoms with van der Waals surface area (Å²) in [5.41, 5.74) is 3.33. The number of benzene rings is 3. The molecule has 8 heteroatoms. The summed E-state index contributed by atoms with van der Waals surface area (Å²) in [4.78, 5) is 2.30. The molecule has 6 rings (SSSR count). The maximum absolute atomic E-state index is 10.2. The van der Waals surface area contributed by atoms with Gasteiger partial charge in [-0.3, -0.25) is 4.90 Å². The van der Waals surface area contributed by atoms with Crippen LogP contribution >= 0.6 is 23.1 Å². The fourth-order valence-electron chi connectivity index (χ4n) is 4.79. The molecule has 0 spiro atoms. The Bertz CT molecular complexity index is 1400. The van der Waals surface area contributed by atoms with Crippen molar-refractivity contribution in [3.63, 3.8) is 0 Å². The van der Waals surface area contributed by atoms with Crippen molar-refractivity contribution in [1.82, 2.24) is 9.27 Å². The van der Waals surface area contributed by atoms with Gasteiger partial charge in [0.2, 0.25) is 0 Å². The minimum absolute atomic E-state index is 0.545. The molecule has 0 amide bonds. The molecule has 35 heavy (non-hydrogen) atoms. The van der Waals surface area contributed by atoms with Crippen LogP contribution in [0.5, 0.6) is 11.5 Å². The SMILES string of the molecule is CC1(O)CCN(Cc2ccc3c(Nc4cccc(-c5ccc6c(c5)OCCO6)c4Cl)nsc3c2)C1. The smallest absolute Gasteiger partial charge is 0.161 e. The fourth-order valence-corrected chi connectivity index (χ4v) is 5.88. The molecule has 3 heterocycles. The monoisotopic (exact) mass is 507 g/mol. The zero-order chi connectivity index (χ0) is 24.0. The summed E-state index contributed by atoms with van der Waals surface area (Å²) >= 11 is 8.33. The van der Waals surface area contributed by atoms with E-state index in [0.717, 1.165) is 63.7 Å². The minimum Gasteiger partial charge on any atom is -0.486 e. The first-order valence-electron chi connectivity index (χ1n) is 11.7. The van der Waals surface area contributed by atoms with Crippen LogP contribution in [0.4, 0.5) is 11.5 Å². The predicted octanol–water partition coefficient (Wildman–Crippen LogP) is 6.09. The van der Waals surface area contributed by atoms with E-state index < -0.39 is 5.60 Å². The Morgan fingerprint density at radius 2 is 1.97 bits per heavy atom. The van der Waals surface area contributed by atoms with E-state index in [1.54, 1.807) is 0 Å². The van der Waals surface area contributed by atoms with E-state index in [-0.39, 0.29) is 0 Å². The number of ether oxygens (including phenoxy) is 2. The van der Waals surface area contributed by atoms with Crippen LogP contribution in [0.3, 0.4) is 0 Å². The number of nitrogens with one attached hydrogen (secondary N) is 1. The average Bonchev–Trinajstić information content (AvgIpc) is 3.41. The number of rotatable bonds is 5. The van der Waals surface area contributed by atoms with Crippen molar-refractivity contribution in [3.8, 4) is 22.6 Å². The summed E-state index contributed by atoms with van der Waals surface area (Å²) in [6.07, 6.45) is 0.815. The second-order valence-electron chi connectivity index (χ2n) is 9.47. The molecule has 1 unspecified atom stereocenters. The molecule has 0 bridgehead atoms. The van der Waals surface area contributed by atoms with Crippen molar-refractivity contribution in [2.24, 2.45) is 0 Å². The Balaban J connectivity index is 1.24. The van der Waals surface area contributed by atoms with Gasteiger partial charge in [0.15, 0.2) is 17.3 Å². The number of hydrogen-bond donors (Lipinski definition) is 2. The molecule has 1 atom stereocenters. The molecule has 1 saturated heterocycles. The molecule has 0 radical (unpaired) electrons. The topological polar surface area (TPSA) is 66.9 Å². The third kappa shape index (κ3) is 4.57. The first kappa shape index (κ1) is 22.6. The number of anilines is 2. The number of aliphatic hydroxyl groups is 1. The van der Waals surface area contributed by atoms with Crippen LogP contribution in [0.2, 0.25) is 5.02 Å². The lowest BCUT2D eigenvalue weighted by Gasteiger charge is -2.19. The summed E-state index contributed by atoms with van der Waals surface area (Å²) in [5.74, 6) is 2.29. The Morgan fingerprint density at radius 1 is 1.11 bits per heavy atom. The highest BCUT2D eigenvalue weighted by molar-refractivity contribution is 7.13. The summed E-state index contributed by atoms with van der Waals surface area (Å²) in [6, 6.07) is 18.3. The molecule has 4 aromatic rings. The van der Waals surface area contributed by atoms with Gasteiger partial charge in [-0.1, -0.05) is 35.9 Å². The maximum atomic E-state index is 10.2. The highest BCUT2D eigenvalue weighted by Gasteiger charge is 2.31. The molecule has 1 aromatic heterocycles. The summed E-state index contributed by atoms with van der Waals surface area (Å²) in [5, 5.41) is 15.4. The van der Waals surface area contributed by atoms with Crippen molar-refractivity contribution < 1.29 is 14.6 Å². The average molecular weight is 508 g/mol. The first-order valence-corrected chi connectivity index (χ1v) is 12.9. The van der Waals surface area contributed by atoms with Gasteiger partial charge in [-0.25, -0.2) is 0 Å². The lowest BCUT2D eigenvalue weighted by atomic mass is 10.0. The van der Waals surface area contributed by atoms with Gasteiger partial charge in [-0.2, -0.15) is 4.37 Å². The standard InChI is InChI=1S/C27H26ClN3O3S/c1-27(32)9-10-31(16-27)15-17-5-7-20-24(13-17)35-30-26(20)29-21-4-2-3-19(25(21)28)18-6-8-22-23(14-18)34-12-11-33-22/h2-8,13-14,32H,9-12,15-16H2,1H3,(H,29,30). The van der Waals surface area contributed by atoms with Crippen molar-refractivity contribution in [3.05, 3.63) is 65.2 Å². The van der Waals surface area contributed by atoms with E-state index >= 15 is 0 Å². The van der Waals surface area contributed by atoms with E-state index in [0.29, 0.717) is 24.8 Å². The van der Waals surface area contributed by atoms with Gasteiger partial charge in [-0.15, -0.1) is 0 Å². The molecule has 1 fully saturated rings. The summed E-state index contributed by atoms with van der Waals surface area (Å²) < 4.78 is 17.2. The number of β-amino-alcohol motifs (C(OH)–C–C–N with tert-alkyl or cyclic N) is 1. The Hall–Kier alpha value is -2.84. The molecular weight excluding hydrogens is 482 g/mol. The Labute approximate surface area is 213 Å². The third-order valence-corrected chi connectivity index (χ3v) is 7.79. The number of halogens is 1. The molecule has 0 saturated carbocycles. The minimum atomic E-state index is -0.584. The van der Waals surface area contributed by atoms with E-state index in [4.69, 9.17) is 21.1 Å². The maximum Gasteiger partial charge on any atom is 0.161 e. The predicted molar refractivity (Wildman–Crippen MR) is 141 cm³/mol. The Kier molecular flexibility index (Phi) is 5.81. The van der Waals surface area contributed by atoms with Gasteiger partial charge < -0.3 is 19.9 Å². The van der Waals surface area contributed by atoms with Crippen molar-refractivity contribution >= 4 is 44.7 Å². The van der Waals surface area contributed by atoms with E-state index in [9.17, 15) is 5.11 Å². The van der Waals surface area contributed by atoms with E-state index in [1.165, 1.54) is 17.1 Å². The van der Waals surface area contributed by atoms with Crippen LogP contribution in [0.25, 0.3) is 21.2 Å². The third-order valence-electron chi connectivity index (χ3n) is 6.58. The number of fused-ring (bicyclic) bond motifs is 2. The molecule has 0 aliphatic carbocycles. The second kappa shape index (κ2) is 8.99. The normalized spacial score (nSPS) is 19.9. The number of likely N-dealkylation sites (tertiary alicyclic amines) is 1. The lowest BCUT2D eigenvalue weighted by molar-refractivity contribution is 0.0679. The fraction of sp³-hybridized carbons (Fsp3) is 0.296. The van der Waals surface area contributed by atoms with Gasteiger partial charge >= 0.3 is 0 Å². The van der Waals surface area contributed by atoms with Crippen LogP contribution in [-0.4, -0.2) is 46.3 Å². The quantitative estimate of drug-likeness (QED) is 0.341. The highest BCUT2D eigenvalue weighted by Crippen LogP contribution is 2.40. The number of hydrogen-bond acceptors (Lipinski definition) is 7. The van der Waals surface area contributed by atoms with Crippen molar-refractivity contribution in [1.29, 1.82) is 0 Å². The Morgan fingerprint density at radius 3 is 2.80 bits per heavy atom. The zero-order valence-corrected chi connectivity index (χ0v) is 21.0. The molecule has 2 N–H and O–H groups in total. The first-order chi connectivity index (χ1) is 16.9. The van der Waals surface area contributed by atoms with Gasteiger partial charge in [0.25, 0.3) is 0 Å². The molecule has 6 nitrogen and oxygen atoms in total.